The van der Waals surface area contributed by atoms with Crippen molar-refractivity contribution in [3.63, 3.8) is 0 Å². The van der Waals surface area contributed by atoms with Crippen LogP contribution in [-0.2, 0) is 13.0 Å². The molecule has 0 saturated heterocycles. The molecule has 0 aromatic carbocycles. The molecule has 0 saturated carbocycles. The number of aromatic nitrogens is 5. The van der Waals surface area contributed by atoms with E-state index in [9.17, 15) is 0 Å². The quantitative estimate of drug-likeness (QED) is 0.804. The maximum Gasteiger partial charge on any atom is 0.138 e. The van der Waals surface area contributed by atoms with E-state index < -0.39 is 0 Å². The van der Waals surface area contributed by atoms with Gasteiger partial charge in [-0.3, -0.25) is 0 Å². The lowest BCUT2D eigenvalue weighted by molar-refractivity contribution is 0.443. The molecule has 6 heteroatoms. The van der Waals surface area contributed by atoms with Gasteiger partial charge >= 0.3 is 0 Å². The Balaban J connectivity index is 2.13. The lowest BCUT2D eigenvalue weighted by Gasteiger charge is -2.18. The summed E-state index contributed by atoms with van der Waals surface area (Å²) in [5.74, 6) is 1.56. The first kappa shape index (κ1) is 15.6. The fraction of sp³-hybridized carbons (Fsp3) is 0.600. The molecule has 2 heterocycles. The van der Waals surface area contributed by atoms with Crippen molar-refractivity contribution in [3.8, 4) is 0 Å². The molecule has 1 unspecified atom stereocenters. The van der Waals surface area contributed by atoms with Gasteiger partial charge in [0.15, 0.2) is 0 Å². The molecule has 1 atom stereocenters. The molecule has 6 nitrogen and oxygen atoms in total. The molecule has 2 aromatic heterocycles. The average Bonchev–Trinajstić information content (AvgIpc) is 2.90. The fourth-order valence-electron chi connectivity index (χ4n) is 2.26. The SMILES string of the molecule is CCCNC(Cc1ncnn1CC(C)C)c1ccnnc1. The van der Waals surface area contributed by atoms with E-state index in [-0.39, 0.29) is 6.04 Å². The van der Waals surface area contributed by atoms with Crippen LogP contribution in [0.4, 0.5) is 0 Å². The standard InChI is InChI=1S/C15H24N6/c1-4-6-16-14(13-5-7-18-19-9-13)8-15-17-11-20-21(15)10-12(2)3/h5,7,9,11-12,14,16H,4,6,8,10H2,1-3H3. The Kier molecular flexibility index (Phi) is 5.80. The van der Waals surface area contributed by atoms with Crippen LogP contribution in [0.15, 0.2) is 24.8 Å². The largest absolute Gasteiger partial charge is 0.310 e. The van der Waals surface area contributed by atoms with Crippen LogP contribution in [0.2, 0.25) is 0 Å². The van der Waals surface area contributed by atoms with Crippen LogP contribution in [0.3, 0.4) is 0 Å². The lowest BCUT2D eigenvalue weighted by Crippen LogP contribution is -2.26. The van der Waals surface area contributed by atoms with E-state index >= 15 is 0 Å². The molecule has 2 rings (SSSR count). The topological polar surface area (TPSA) is 68.5 Å². The van der Waals surface area contributed by atoms with Crippen LogP contribution in [0.5, 0.6) is 0 Å². The number of nitrogens with one attached hydrogen (secondary N) is 1. The molecule has 2 aromatic rings. The summed E-state index contributed by atoms with van der Waals surface area (Å²) < 4.78 is 2.00. The second kappa shape index (κ2) is 7.83. The third kappa shape index (κ3) is 4.60. The Morgan fingerprint density at radius 1 is 1.29 bits per heavy atom. The second-order valence-electron chi connectivity index (χ2n) is 5.64. The second-order valence-corrected chi connectivity index (χ2v) is 5.64. The van der Waals surface area contributed by atoms with Crippen LogP contribution >= 0.6 is 0 Å². The van der Waals surface area contributed by atoms with Crippen molar-refractivity contribution in [2.75, 3.05) is 6.54 Å². The zero-order chi connectivity index (χ0) is 15.1. The van der Waals surface area contributed by atoms with Crippen molar-refractivity contribution in [2.24, 2.45) is 5.92 Å². The number of nitrogens with zero attached hydrogens (tertiary/aromatic N) is 5. The molecule has 0 aliphatic carbocycles. The highest BCUT2D eigenvalue weighted by molar-refractivity contribution is 5.13. The molecule has 0 aliphatic rings. The number of hydrogen-bond donors (Lipinski definition) is 1. The molecule has 0 radical (unpaired) electrons. The van der Waals surface area contributed by atoms with E-state index in [1.807, 2.05) is 16.9 Å². The van der Waals surface area contributed by atoms with Gasteiger partial charge in [0.1, 0.15) is 12.2 Å². The Labute approximate surface area is 126 Å². The summed E-state index contributed by atoms with van der Waals surface area (Å²) >= 11 is 0. The lowest BCUT2D eigenvalue weighted by atomic mass is 10.1. The maximum absolute atomic E-state index is 4.42. The fourth-order valence-corrected chi connectivity index (χ4v) is 2.26. The minimum Gasteiger partial charge on any atom is -0.310 e. The highest BCUT2D eigenvalue weighted by Gasteiger charge is 2.16. The van der Waals surface area contributed by atoms with Crippen LogP contribution < -0.4 is 5.32 Å². The van der Waals surface area contributed by atoms with Gasteiger partial charge in [0, 0.05) is 25.2 Å². The van der Waals surface area contributed by atoms with Crippen molar-refractivity contribution in [1.29, 1.82) is 0 Å². The summed E-state index contributed by atoms with van der Waals surface area (Å²) in [4.78, 5) is 4.42. The summed E-state index contributed by atoms with van der Waals surface area (Å²) in [7, 11) is 0. The molecular formula is C15H24N6. The van der Waals surface area contributed by atoms with E-state index in [1.165, 1.54) is 0 Å². The Bertz CT molecular complexity index is 522. The first-order valence-corrected chi connectivity index (χ1v) is 7.57. The zero-order valence-corrected chi connectivity index (χ0v) is 13.0. The van der Waals surface area contributed by atoms with Gasteiger partial charge in [-0.1, -0.05) is 20.8 Å². The third-order valence-corrected chi connectivity index (χ3v) is 3.27. The van der Waals surface area contributed by atoms with E-state index in [4.69, 9.17) is 0 Å². The summed E-state index contributed by atoms with van der Waals surface area (Å²) in [6.07, 6.45) is 7.08. The minimum absolute atomic E-state index is 0.190. The van der Waals surface area contributed by atoms with Gasteiger partial charge in [-0.2, -0.15) is 15.3 Å². The minimum atomic E-state index is 0.190. The van der Waals surface area contributed by atoms with E-state index in [1.54, 1.807) is 12.5 Å². The van der Waals surface area contributed by atoms with Crippen LogP contribution in [0.1, 0.15) is 44.6 Å². The summed E-state index contributed by atoms with van der Waals surface area (Å²) in [5.41, 5.74) is 1.14. The van der Waals surface area contributed by atoms with Gasteiger partial charge in [-0.25, -0.2) is 9.67 Å². The van der Waals surface area contributed by atoms with Crippen molar-refractivity contribution in [2.45, 2.75) is 46.2 Å². The molecule has 0 bridgehead atoms. The summed E-state index contributed by atoms with van der Waals surface area (Å²) in [6.45, 7) is 8.39. The first-order chi connectivity index (χ1) is 10.2. The molecule has 21 heavy (non-hydrogen) atoms. The van der Waals surface area contributed by atoms with Crippen molar-refractivity contribution < 1.29 is 0 Å². The molecule has 0 aliphatic heterocycles. The molecule has 0 fully saturated rings. The van der Waals surface area contributed by atoms with Crippen molar-refractivity contribution >= 4 is 0 Å². The van der Waals surface area contributed by atoms with Gasteiger partial charge in [0.05, 0.1) is 6.20 Å². The van der Waals surface area contributed by atoms with Crippen LogP contribution in [0.25, 0.3) is 0 Å². The van der Waals surface area contributed by atoms with E-state index in [2.05, 4.69) is 46.4 Å². The number of rotatable bonds is 8. The van der Waals surface area contributed by atoms with E-state index in [0.717, 1.165) is 37.3 Å². The number of hydrogen-bond acceptors (Lipinski definition) is 5. The maximum atomic E-state index is 4.42. The molecule has 1 N–H and O–H groups in total. The highest BCUT2D eigenvalue weighted by atomic mass is 15.3. The molecule has 0 spiro atoms. The van der Waals surface area contributed by atoms with Gasteiger partial charge in [-0.15, -0.1) is 0 Å². The monoisotopic (exact) mass is 288 g/mol. The average molecular weight is 288 g/mol. The predicted molar refractivity (Wildman–Crippen MR) is 81.6 cm³/mol. The highest BCUT2D eigenvalue weighted by Crippen LogP contribution is 2.16. The van der Waals surface area contributed by atoms with Gasteiger partial charge in [0.25, 0.3) is 0 Å². The van der Waals surface area contributed by atoms with Crippen LogP contribution in [0, 0.1) is 5.92 Å². The molecule has 114 valence electrons. The smallest absolute Gasteiger partial charge is 0.138 e. The predicted octanol–water partition coefficient (Wildman–Crippen LogP) is 2.01. The normalized spacial score (nSPS) is 12.8. The van der Waals surface area contributed by atoms with Crippen molar-refractivity contribution in [1.82, 2.24) is 30.3 Å². The van der Waals surface area contributed by atoms with E-state index in [0.29, 0.717) is 5.92 Å². The molecular weight excluding hydrogens is 264 g/mol. The molecule has 0 amide bonds. The van der Waals surface area contributed by atoms with Gasteiger partial charge in [-0.05, 0) is 30.5 Å². The van der Waals surface area contributed by atoms with Crippen LogP contribution in [-0.4, -0.2) is 31.5 Å². The van der Waals surface area contributed by atoms with Crippen molar-refractivity contribution in [3.05, 3.63) is 36.2 Å². The van der Waals surface area contributed by atoms with Gasteiger partial charge < -0.3 is 5.32 Å². The van der Waals surface area contributed by atoms with Gasteiger partial charge in [0.2, 0.25) is 0 Å². The first-order valence-electron chi connectivity index (χ1n) is 7.57. The zero-order valence-electron chi connectivity index (χ0n) is 13.0. The Morgan fingerprint density at radius 3 is 2.81 bits per heavy atom. The summed E-state index contributed by atoms with van der Waals surface area (Å²) in [6, 6.07) is 2.19. The Morgan fingerprint density at radius 2 is 2.14 bits per heavy atom. The summed E-state index contributed by atoms with van der Waals surface area (Å²) in [5, 5.41) is 15.7. The third-order valence-electron chi connectivity index (χ3n) is 3.27. The Hall–Kier alpha value is -1.82.